The number of fused-ring (bicyclic) bond motifs is 1. The molecular formula is C19H25N3O4. The Kier molecular flexibility index (Phi) is 5.46. The van der Waals surface area contributed by atoms with Crippen LogP contribution in [0.3, 0.4) is 0 Å². The predicted molar refractivity (Wildman–Crippen MR) is 96.4 cm³/mol. The van der Waals surface area contributed by atoms with E-state index in [1.54, 1.807) is 27.8 Å². The summed E-state index contributed by atoms with van der Waals surface area (Å²) >= 11 is 0. The van der Waals surface area contributed by atoms with Crippen molar-refractivity contribution in [1.29, 1.82) is 0 Å². The number of hydrogen-bond donors (Lipinski definition) is 1. The maximum atomic E-state index is 13.0. The summed E-state index contributed by atoms with van der Waals surface area (Å²) in [5, 5.41) is 13.9. The number of benzene rings is 1. The summed E-state index contributed by atoms with van der Waals surface area (Å²) in [7, 11) is 1.87. The molecule has 1 N–H and O–H groups in total. The van der Waals surface area contributed by atoms with Crippen LogP contribution in [0.5, 0.6) is 11.5 Å². The van der Waals surface area contributed by atoms with Gasteiger partial charge in [0.2, 0.25) is 0 Å². The van der Waals surface area contributed by atoms with Gasteiger partial charge < -0.3 is 19.5 Å². The van der Waals surface area contributed by atoms with Crippen LogP contribution >= 0.6 is 0 Å². The first-order valence-corrected chi connectivity index (χ1v) is 8.92. The number of rotatable bonds is 6. The lowest BCUT2D eigenvalue weighted by Gasteiger charge is -2.28. The van der Waals surface area contributed by atoms with Gasteiger partial charge in [0.25, 0.3) is 5.91 Å². The molecule has 0 saturated carbocycles. The van der Waals surface area contributed by atoms with E-state index < -0.39 is 0 Å². The van der Waals surface area contributed by atoms with Gasteiger partial charge in [-0.2, -0.15) is 5.10 Å². The highest BCUT2D eigenvalue weighted by Gasteiger charge is 2.27. The van der Waals surface area contributed by atoms with Crippen LogP contribution < -0.4 is 9.47 Å². The second-order valence-corrected chi connectivity index (χ2v) is 6.16. The molecule has 1 aliphatic heterocycles. The third-order valence-corrected chi connectivity index (χ3v) is 4.55. The summed E-state index contributed by atoms with van der Waals surface area (Å²) in [5.74, 6) is 1.16. The van der Waals surface area contributed by atoms with E-state index in [-0.39, 0.29) is 12.5 Å². The Bertz CT molecular complexity index is 800. The average Bonchev–Trinajstić information content (AvgIpc) is 2.98. The molecule has 2 heterocycles. The Hall–Kier alpha value is -2.54. The van der Waals surface area contributed by atoms with Crippen molar-refractivity contribution in [1.82, 2.24) is 14.7 Å². The molecule has 0 spiro atoms. The van der Waals surface area contributed by atoms with Crippen molar-refractivity contribution in [3.05, 3.63) is 40.7 Å². The first-order chi connectivity index (χ1) is 12.6. The van der Waals surface area contributed by atoms with Gasteiger partial charge >= 0.3 is 0 Å². The van der Waals surface area contributed by atoms with Gasteiger partial charge in [0.15, 0.2) is 11.5 Å². The first kappa shape index (κ1) is 18.3. The molecule has 3 rings (SSSR count). The Morgan fingerprint density at radius 3 is 2.65 bits per heavy atom. The van der Waals surface area contributed by atoms with Gasteiger partial charge in [0.1, 0.15) is 0 Å². The van der Waals surface area contributed by atoms with Gasteiger partial charge in [-0.1, -0.05) is 0 Å². The van der Waals surface area contributed by atoms with Crippen LogP contribution in [-0.4, -0.2) is 45.5 Å². The van der Waals surface area contributed by atoms with Crippen molar-refractivity contribution >= 4 is 5.91 Å². The standard InChI is InChI=1S/C19H25N3O4/c1-4-25-17-7-6-13(10-18(17)26-5-2)19(24)22-9-8-16-14(11-22)15(12-23)20-21(16)3/h6-7,10,23H,4-5,8-9,11-12H2,1-3H3. The van der Waals surface area contributed by atoms with Gasteiger partial charge in [-0.15, -0.1) is 0 Å². The molecule has 0 unspecified atom stereocenters. The van der Waals surface area contributed by atoms with E-state index in [0.29, 0.717) is 49.1 Å². The SMILES string of the molecule is CCOc1ccc(C(=O)N2CCc3c(c(CO)nn3C)C2)cc1OCC. The lowest BCUT2D eigenvalue weighted by Crippen LogP contribution is -2.36. The highest BCUT2D eigenvalue weighted by molar-refractivity contribution is 5.95. The molecule has 7 nitrogen and oxygen atoms in total. The minimum absolute atomic E-state index is 0.0626. The van der Waals surface area contributed by atoms with E-state index in [2.05, 4.69) is 5.10 Å². The lowest BCUT2D eigenvalue weighted by molar-refractivity contribution is 0.0731. The van der Waals surface area contributed by atoms with E-state index in [1.165, 1.54) is 0 Å². The van der Waals surface area contributed by atoms with Gasteiger partial charge in [-0.05, 0) is 32.0 Å². The number of amides is 1. The van der Waals surface area contributed by atoms with Crippen LogP contribution in [0.2, 0.25) is 0 Å². The molecule has 1 aliphatic rings. The Balaban J connectivity index is 1.84. The number of aryl methyl sites for hydroxylation is 1. The van der Waals surface area contributed by atoms with E-state index >= 15 is 0 Å². The molecule has 2 aromatic rings. The average molecular weight is 359 g/mol. The van der Waals surface area contributed by atoms with Crippen molar-refractivity contribution in [3.8, 4) is 11.5 Å². The topological polar surface area (TPSA) is 76.8 Å². The number of hydrogen-bond acceptors (Lipinski definition) is 5. The Labute approximate surface area is 153 Å². The fourth-order valence-corrected chi connectivity index (χ4v) is 3.34. The van der Waals surface area contributed by atoms with Gasteiger partial charge in [-0.3, -0.25) is 9.48 Å². The molecule has 1 amide bonds. The zero-order valence-electron chi connectivity index (χ0n) is 15.5. The van der Waals surface area contributed by atoms with Gasteiger partial charge in [-0.25, -0.2) is 0 Å². The minimum atomic E-state index is -0.122. The summed E-state index contributed by atoms with van der Waals surface area (Å²) in [6.07, 6.45) is 0.722. The molecule has 1 aromatic heterocycles. The molecule has 140 valence electrons. The number of carbonyl (C=O) groups is 1. The molecule has 0 fully saturated rings. The van der Waals surface area contributed by atoms with Crippen LogP contribution in [-0.2, 0) is 26.6 Å². The summed E-state index contributed by atoms with van der Waals surface area (Å²) in [6.45, 7) is 5.79. The number of aliphatic hydroxyl groups excluding tert-OH is 1. The van der Waals surface area contributed by atoms with Gasteiger partial charge in [0, 0.05) is 43.4 Å². The van der Waals surface area contributed by atoms with Crippen molar-refractivity contribution < 1.29 is 19.4 Å². The lowest BCUT2D eigenvalue weighted by atomic mass is 10.0. The van der Waals surface area contributed by atoms with Crippen molar-refractivity contribution in [3.63, 3.8) is 0 Å². The van der Waals surface area contributed by atoms with Crippen LogP contribution in [0.1, 0.15) is 41.2 Å². The fourth-order valence-electron chi connectivity index (χ4n) is 3.34. The second-order valence-electron chi connectivity index (χ2n) is 6.16. The smallest absolute Gasteiger partial charge is 0.254 e. The van der Waals surface area contributed by atoms with Crippen LogP contribution in [0.15, 0.2) is 18.2 Å². The molecular weight excluding hydrogens is 334 g/mol. The number of aliphatic hydroxyl groups is 1. The van der Waals surface area contributed by atoms with Crippen molar-refractivity contribution in [2.45, 2.75) is 33.4 Å². The molecule has 0 atom stereocenters. The number of ether oxygens (including phenoxy) is 2. The highest BCUT2D eigenvalue weighted by atomic mass is 16.5. The van der Waals surface area contributed by atoms with Gasteiger partial charge in [0.05, 0.1) is 25.5 Å². The quantitative estimate of drug-likeness (QED) is 0.853. The first-order valence-electron chi connectivity index (χ1n) is 8.92. The number of carbonyl (C=O) groups excluding carboxylic acids is 1. The zero-order valence-corrected chi connectivity index (χ0v) is 15.5. The Morgan fingerprint density at radius 2 is 1.96 bits per heavy atom. The molecule has 0 radical (unpaired) electrons. The van der Waals surface area contributed by atoms with Crippen LogP contribution in [0, 0.1) is 0 Å². The van der Waals surface area contributed by atoms with Crippen molar-refractivity contribution in [2.75, 3.05) is 19.8 Å². The molecule has 7 heteroatoms. The summed E-state index contributed by atoms with van der Waals surface area (Å²) < 4.78 is 13.0. The largest absolute Gasteiger partial charge is 0.490 e. The summed E-state index contributed by atoms with van der Waals surface area (Å²) in [6, 6.07) is 5.28. The Morgan fingerprint density at radius 1 is 1.23 bits per heavy atom. The maximum absolute atomic E-state index is 13.0. The third kappa shape index (κ3) is 3.39. The highest BCUT2D eigenvalue weighted by Crippen LogP contribution is 2.30. The molecule has 0 saturated heterocycles. The normalized spacial score (nSPS) is 13.5. The van der Waals surface area contributed by atoms with Crippen LogP contribution in [0.4, 0.5) is 0 Å². The monoisotopic (exact) mass is 359 g/mol. The van der Waals surface area contributed by atoms with Crippen molar-refractivity contribution in [2.24, 2.45) is 7.05 Å². The molecule has 0 bridgehead atoms. The van der Waals surface area contributed by atoms with E-state index in [9.17, 15) is 9.90 Å². The van der Waals surface area contributed by atoms with E-state index in [1.807, 2.05) is 20.9 Å². The predicted octanol–water partition coefficient (Wildman–Crippen LogP) is 1.91. The van der Waals surface area contributed by atoms with E-state index in [4.69, 9.17) is 9.47 Å². The fraction of sp³-hybridized carbons (Fsp3) is 0.474. The minimum Gasteiger partial charge on any atom is -0.490 e. The van der Waals surface area contributed by atoms with E-state index in [0.717, 1.165) is 17.7 Å². The number of aromatic nitrogens is 2. The summed E-state index contributed by atoms with van der Waals surface area (Å²) in [5.41, 5.74) is 3.24. The van der Waals surface area contributed by atoms with Crippen LogP contribution in [0.25, 0.3) is 0 Å². The zero-order chi connectivity index (χ0) is 18.7. The molecule has 0 aliphatic carbocycles. The molecule has 1 aromatic carbocycles. The maximum Gasteiger partial charge on any atom is 0.254 e. The summed E-state index contributed by atoms with van der Waals surface area (Å²) in [4.78, 5) is 14.8. The number of nitrogens with zero attached hydrogens (tertiary/aromatic N) is 3. The second kappa shape index (κ2) is 7.78. The molecule has 26 heavy (non-hydrogen) atoms. The third-order valence-electron chi connectivity index (χ3n) is 4.55.